The Balaban J connectivity index is 2.18. The Labute approximate surface area is 135 Å². The maximum atomic E-state index is 11.9. The van der Waals surface area contributed by atoms with Crippen molar-refractivity contribution in [1.82, 2.24) is 4.98 Å². The molecule has 3 rings (SSSR count). The minimum Gasteiger partial charge on any atom is -0.497 e. The second-order valence-electron chi connectivity index (χ2n) is 4.84. The number of carbonyl (C=O) groups excluding carboxylic acids is 1. The van der Waals surface area contributed by atoms with E-state index in [4.69, 9.17) is 9.15 Å². The Kier molecular flexibility index (Phi) is 3.87. The van der Waals surface area contributed by atoms with Gasteiger partial charge in [-0.2, -0.15) is 0 Å². The molecule has 0 atom stereocenters. The van der Waals surface area contributed by atoms with E-state index in [0.717, 1.165) is 6.07 Å². The number of ether oxygens (including phenoxy) is 2. The molecular formula is C16H12N2O6. The highest BCUT2D eigenvalue weighted by atomic mass is 16.6. The number of rotatable bonds is 4. The maximum Gasteiger partial charge on any atom is 0.342 e. The molecule has 0 aliphatic heterocycles. The van der Waals surface area contributed by atoms with Crippen molar-refractivity contribution in [2.24, 2.45) is 0 Å². The van der Waals surface area contributed by atoms with Crippen molar-refractivity contribution in [3.8, 4) is 17.2 Å². The van der Waals surface area contributed by atoms with Crippen molar-refractivity contribution in [2.75, 3.05) is 14.2 Å². The number of oxazole rings is 1. The average molecular weight is 328 g/mol. The molecule has 8 nitrogen and oxygen atoms in total. The van der Waals surface area contributed by atoms with Gasteiger partial charge in [-0.3, -0.25) is 10.1 Å². The van der Waals surface area contributed by atoms with E-state index in [1.807, 2.05) is 0 Å². The highest BCUT2D eigenvalue weighted by molar-refractivity contribution is 6.02. The summed E-state index contributed by atoms with van der Waals surface area (Å²) in [6.07, 6.45) is 0. The predicted molar refractivity (Wildman–Crippen MR) is 84.0 cm³/mol. The van der Waals surface area contributed by atoms with Crippen LogP contribution in [0.25, 0.3) is 22.6 Å². The van der Waals surface area contributed by atoms with Gasteiger partial charge in [0.05, 0.1) is 19.1 Å². The fraction of sp³-hybridized carbons (Fsp3) is 0.125. The zero-order valence-electron chi connectivity index (χ0n) is 12.8. The molecule has 3 aromatic rings. The molecule has 24 heavy (non-hydrogen) atoms. The topological polar surface area (TPSA) is 105 Å². The minimum atomic E-state index is -0.735. The van der Waals surface area contributed by atoms with Gasteiger partial charge >= 0.3 is 5.97 Å². The van der Waals surface area contributed by atoms with Gasteiger partial charge in [0, 0.05) is 17.7 Å². The number of esters is 1. The number of aromatic nitrogens is 1. The molecule has 0 saturated carbocycles. The van der Waals surface area contributed by atoms with Gasteiger partial charge in [0.1, 0.15) is 16.8 Å². The Morgan fingerprint density at radius 1 is 1.21 bits per heavy atom. The first-order valence-electron chi connectivity index (χ1n) is 6.85. The number of nitro benzene ring substituents is 1. The summed E-state index contributed by atoms with van der Waals surface area (Å²) in [7, 11) is 2.74. The first-order valence-corrected chi connectivity index (χ1v) is 6.85. The highest BCUT2D eigenvalue weighted by Gasteiger charge is 2.22. The third-order valence-corrected chi connectivity index (χ3v) is 3.43. The summed E-state index contributed by atoms with van der Waals surface area (Å²) in [4.78, 5) is 26.6. The minimum absolute atomic E-state index is 0.0473. The molecule has 0 bridgehead atoms. The molecule has 0 spiro atoms. The van der Waals surface area contributed by atoms with E-state index in [0.29, 0.717) is 11.3 Å². The monoisotopic (exact) mass is 328 g/mol. The zero-order valence-corrected chi connectivity index (χ0v) is 12.8. The van der Waals surface area contributed by atoms with Crippen LogP contribution in [0.15, 0.2) is 40.8 Å². The molecule has 8 heteroatoms. The molecule has 0 amide bonds. The normalized spacial score (nSPS) is 10.6. The molecule has 0 fully saturated rings. The number of nitro groups is 1. The fourth-order valence-electron chi connectivity index (χ4n) is 2.24. The largest absolute Gasteiger partial charge is 0.497 e. The number of benzene rings is 2. The van der Waals surface area contributed by atoms with Crippen LogP contribution in [-0.4, -0.2) is 30.1 Å². The van der Waals surface area contributed by atoms with Gasteiger partial charge in [0.2, 0.25) is 5.89 Å². The molecule has 0 unspecified atom stereocenters. The summed E-state index contributed by atoms with van der Waals surface area (Å²) >= 11 is 0. The number of carbonyl (C=O) groups is 1. The molecule has 0 saturated heterocycles. The maximum absolute atomic E-state index is 11.9. The summed E-state index contributed by atoms with van der Waals surface area (Å²) in [5, 5.41) is 11.0. The van der Waals surface area contributed by atoms with Gasteiger partial charge < -0.3 is 13.9 Å². The molecule has 2 aromatic carbocycles. The third kappa shape index (κ3) is 2.65. The Hall–Kier alpha value is -3.42. The quantitative estimate of drug-likeness (QED) is 0.411. The first-order chi connectivity index (χ1) is 11.5. The molecule has 122 valence electrons. The van der Waals surface area contributed by atoms with E-state index in [1.54, 1.807) is 31.4 Å². The number of methoxy groups -OCH3 is 2. The van der Waals surface area contributed by atoms with Crippen LogP contribution in [0.5, 0.6) is 5.75 Å². The molecule has 1 aromatic heterocycles. The lowest BCUT2D eigenvalue weighted by atomic mass is 10.1. The third-order valence-electron chi connectivity index (χ3n) is 3.43. The van der Waals surface area contributed by atoms with Gasteiger partial charge in [0.15, 0.2) is 5.58 Å². The lowest BCUT2D eigenvalue weighted by molar-refractivity contribution is -0.384. The van der Waals surface area contributed by atoms with E-state index < -0.39 is 10.9 Å². The van der Waals surface area contributed by atoms with Gasteiger partial charge in [0.25, 0.3) is 5.69 Å². The van der Waals surface area contributed by atoms with Crippen molar-refractivity contribution in [1.29, 1.82) is 0 Å². The molecule has 0 N–H and O–H groups in total. The van der Waals surface area contributed by atoms with Gasteiger partial charge in [-0.15, -0.1) is 0 Å². The van der Waals surface area contributed by atoms with Crippen molar-refractivity contribution in [3.63, 3.8) is 0 Å². The van der Waals surface area contributed by atoms with Crippen molar-refractivity contribution < 1.29 is 23.6 Å². The van der Waals surface area contributed by atoms with Gasteiger partial charge in [-0.05, 0) is 24.3 Å². The zero-order chi connectivity index (χ0) is 17.3. The summed E-state index contributed by atoms with van der Waals surface area (Å²) < 4.78 is 15.4. The molecule has 0 aliphatic carbocycles. The van der Waals surface area contributed by atoms with Crippen LogP contribution >= 0.6 is 0 Å². The van der Waals surface area contributed by atoms with Crippen LogP contribution in [-0.2, 0) is 4.74 Å². The van der Waals surface area contributed by atoms with Gasteiger partial charge in [-0.25, -0.2) is 9.78 Å². The second kappa shape index (κ2) is 5.99. The van der Waals surface area contributed by atoms with Gasteiger partial charge in [-0.1, -0.05) is 0 Å². The van der Waals surface area contributed by atoms with Crippen LogP contribution in [0, 0.1) is 10.1 Å². The van der Waals surface area contributed by atoms with Crippen molar-refractivity contribution in [3.05, 3.63) is 52.1 Å². The Morgan fingerprint density at radius 3 is 2.50 bits per heavy atom. The van der Waals surface area contributed by atoms with E-state index in [-0.39, 0.29) is 28.2 Å². The van der Waals surface area contributed by atoms with E-state index >= 15 is 0 Å². The summed E-state index contributed by atoms with van der Waals surface area (Å²) in [6, 6.07) is 9.28. The first kappa shape index (κ1) is 15.5. The Bertz CT molecular complexity index is 930. The summed E-state index contributed by atoms with van der Waals surface area (Å²) in [6.45, 7) is 0. The lowest BCUT2D eigenvalue weighted by Gasteiger charge is -2.00. The fourth-order valence-corrected chi connectivity index (χ4v) is 2.24. The van der Waals surface area contributed by atoms with Crippen molar-refractivity contribution >= 4 is 22.8 Å². The average Bonchev–Trinajstić information content (AvgIpc) is 3.04. The van der Waals surface area contributed by atoms with E-state index in [9.17, 15) is 14.9 Å². The SMILES string of the molecule is COC(=O)c1cc([N+](=O)[O-])cc2nc(-c3ccc(OC)cc3)oc12. The number of hydrogen-bond acceptors (Lipinski definition) is 7. The summed E-state index contributed by atoms with van der Waals surface area (Å²) in [5.74, 6) is 0.167. The Morgan fingerprint density at radius 2 is 1.92 bits per heavy atom. The molecule has 1 heterocycles. The van der Waals surface area contributed by atoms with Crippen LogP contribution in [0.4, 0.5) is 5.69 Å². The predicted octanol–water partition coefficient (Wildman–Crippen LogP) is 3.20. The second-order valence-corrected chi connectivity index (χ2v) is 4.84. The van der Waals surface area contributed by atoms with Crippen LogP contribution in [0.2, 0.25) is 0 Å². The molecular weight excluding hydrogens is 316 g/mol. The number of non-ortho nitro benzene ring substituents is 1. The number of nitrogens with zero attached hydrogens (tertiary/aromatic N) is 2. The number of hydrogen-bond donors (Lipinski definition) is 0. The highest BCUT2D eigenvalue weighted by Crippen LogP contribution is 2.31. The number of fused-ring (bicyclic) bond motifs is 1. The molecule has 0 aliphatic rings. The lowest BCUT2D eigenvalue weighted by Crippen LogP contribution is -2.02. The van der Waals surface area contributed by atoms with E-state index in [1.165, 1.54) is 13.2 Å². The van der Waals surface area contributed by atoms with Crippen LogP contribution in [0.1, 0.15) is 10.4 Å². The standard InChI is InChI=1S/C16H12N2O6/c1-22-11-5-3-9(4-6-11)15-17-13-8-10(18(20)21)7-12(14(13)24-15)16(19)23-2/h3-8H,1-2H3. The van der Waals surface area contributed by atoms with Crippen molar-refractivity contribution in [2.45, 2.75) is 0 Å². The van der Waals surface area contributed by atoms with Crippen LogP contribution < -0.4 is 4.74 Å². The smallest absolute Gasteiger partial charge is 0.342 e. The van der Waals surface area contributed by atoms with E-state index in [2.05, 4.69) is 9.72 Å². The molecule has 0 radical (unpaired) electrons. The van der Waals surface area contributed by atoms with Crippen LogP contribution in [0.3, 0.4) is 0 Å². The summed E-state index contributed by atoms with van der Waals surface area (Å²) in [5.41, 5.74) is 0.672.